The Labute approximate surface area is 135 Å². The minimum Gasteiger partial charge on any atom is -0.444 e. The van der Waals surface area contributed by atoms with E-state index < -0.39 is 0 Å². The van der Waals surface area contributed by atoms with E-state index in [2.05, 4.69) is 15.9 Å². The number of furan rings is 1. The zero-order chi connectivity index (χ0) is 15.3. The lowest BCUT2D eigenvalue weighted by atomic mass is 9.83. The van der Waals surface area contributed by atoms with Crippen molar-refractivity contribution in [1.82, 2.24) is 9.47 Å². The van der Waals surface area contributed by atoms with Crippen LogP contribution in [-0.2, 0) is 6.54 Å². The van der Waals surface area contributed by atoms with Gasteiger partial charge in [0.1, 0.15) is 0 Å². The molecule has 4 heterocycles. The van der Waals surface area contributed by atoms with Gasteiger partial charge in [0.25, 0.3) is 11.5 Å². The van der Waals surface area contributed by atoms with Crippen LogP contribution in [-0.4, -0.2) is 28.5 Å². The predicted octanol–water partition coefficient (Wildman–Crippen LogP) is 2.46. The summed E-state index contributed by atoms with van der Waals surface area (Å²) in [4.78, 5) is 26.4. The van der Waals surface area contributed by atoms with Gasteiger partial charge in [0.15, 0.2) is 10.4 Å². The van der Waals surface area contributed by atoms with Crippen LogP contribution >= 0.6 is 15.9 Å². The second kappa shape index (κ2) is 5.12. The molecular formula is C16H15BrN2O3. The highest BCUT2D eigenvalue weighted by molar-refractivity contribution is 9.10. The van der Waals surface area contributed by atoms with E-state index in [1.165, 1.54) is 0 Å². The van der Waals surface area contributed by atoms with Gasteiger partial charge in [-0.3, -0.25) is 9.59 Å². The van der Waals surface area contributed by atoms with Crippen LogP contribution in [0.15, 0.2) is 44.2 Å². The van der Waals surface area contributed by atoms with Gasteiger partial charge in [0.05, 0.1) is 0 Å². The number of hydrogen-bond donors (Lipinski definition) is 0. The van der Waals surface area contributed by atoms with Gasteiger partial charge in [-0.25, -0.2) is 0 Å². The molecule has 22 heavy (non-hydrogen) atoms. The Morgan fingerprint density at radius 1 is 1.18 bits per heavy atom. The topological polar surface area (TPSA) is 55.5 Å². The first kappa shape index (κ1) is 13.8. The fourth-order valence-electron chi connectivity index (χ4n) is 3.65. The van der Waals surface area contributed by atoms with Gasteiger partial charge in [0, 0.05) is 37.3 Å². The van der Waals surface area contributed by atoms with E-state index in [-0.39, 0.29) is 17.4 Å². The molecule has 0 aromatic carbocycles. The summed E-state index contributed by atoms with van der Waals surface area (Å²) in [6.07, 6.45) is 1.04. The van der Waals surface area contributed by atoms with Crippen molar-refractivity contribution in [2.45, 2.75) is 18.9 Å². The summed E-state index contributed by atoms with van der Waals surface area (Å²) in [6, 6.07) is 8.83. The standard InChI is InChI=1S/C16H15BrN2O3/c17-14-5-4-13(22-14)16(21)18-7-10-6-11(9-18)12-2-1-3-15(20)19(12)8-10/h1-5,10-11H,6-9H2/t10-,11+/m1/s1. The number of likely N-dealkylation sites (tertiary alicyclic amines) is 1. The molecule has 1 saturated heterocycles. The van der Waals surface area contributed by atoms with Crippen molar-refractivity contribution >= 4 is 21.8 Å². The molecule has 0 unspecified atom stereocenters. The maximum absolute atomic E-state index is 12.6. The molecule has 0 radical (unpaired) electrons. The zero-order valence-electron chi connectivity index (χ0n) is 11.9. The largest absolute Gasteiger partial charge is 0.444 e. The summed E-state index contributed by atoms with van der Waals surface area (Å²) in [5, 5.41) is 0. The number of halogens is 1. The molecule has 0 N–H and O–H groups in total. The second-order valence-electron chi connectivity index (χ2n) is 6.01. The minimum absolute atomic E-state index is 0.0574. The van der Waals surface area contributed by atoms with Crippen molar-refractivity contribution in [3.8, 4) is 0 Å². The van der Waals surface area contributed by atoms with Crippen LogP contribution in [0.5, 0.6) is 0 Å². The molecule has 2 aliphatic heterocycles. The Bertz CT molecular complexity index is 795. The van der Waals surface area contributed by atoms with Gasteiger partial charge >= 0.3 is 0 Å². The zero-order valence-corrected chi connectivity index (χ0v) is 13.5. The van der Waals surface area contributed by atoms with E-state index in [1.54, 1.807) is 24.3 Å². The van der Waals surface area contributed by atoms with Crippen molar-refractivity contribution in [2.24, 2.45) is 5.92 Å². The second-order valence-corrected chi connectivity index (χ2v) is 6.79. The Hall–Kier alpha value is -1.82. The monoisotopic (exact) mass is 362 g/mol. The van der Waals surface area contributed by atoms with Gasteiger partial charge in [-0.2, -0.15) is 0 Å². The summed E-state index contributed by atoms with van der Waals surface area (Å²) in [5.41, 5.74) is 1.10. The van der Waals surface area contributed by atoms with E-state index in [9.17, 15) is 9.59 Å². The number of rotatable bonds is 1. The predicted molar refractivity (Wildman–Crippen MR) is 83.9 cm³/mol. The first-order valence-corrected chi connectivity index (χ1v) is 8.15. The number of nitrogens with zero attached hydrogens (tertiary/aromatic N) is 2. The number of fused-ring (bicyclic) bond motifs is 4. The van der Waals surface area contributed by atoms with Crippen LogP contribution in [0.2, 0.25) is 0 Å². The maximum atomic E-state index is 12.6. The highest BCUT2D eigenvalue weighted by Crippen LogP contribution is 2.35. The molecule has 4 rings (SSSR count). The molecule has 2 aromatic heterocycles. The first-order valence-electron chi connectivity index (χ1n) is 7.36. The van der Waals surface area contributed by atoms with Crippen molar-refractivity contribution < 1.29 is 9.21 Å². The van der Waals surface area contributed by atoms with Crippen molar-refractivity contribution in [3.63, 3.8) is 0 Å². The molecule has 1 fully saturated rings. The Morgan fingerprint density at radius 2 is 2.05 bits per heavy atom. The van der Waals surface area contributed by atoms with Crippen LogP contribution in [0.4, 0.5) is 0 Å². The molecule has 2 bridgehead atoms. The Morgan fingerprint density at radius 3 is 2.82 bits per heavy atom. The number of piperidine rings is 1. The average molecular weight is 363 g/mol. The fourth-order valence-corrected chi connectivity index (χ4v) is 3.95. The molecule has 114 valence electrons. The van der Waals surface area contributed by atoms with Gasteiger partial charge in [0.2, 0.25) is 0 Å². The van der Waals surface area contributed by atoms with E-state index >= 15 is 0 Å². The number of aromatic nitrogens is 1. The van der Waals surface area contributed by atoms with Crippen LogP contribution in [0.25, 0.3) is 0 Å². The molecule has 0 aliphatic carbocycles. The van der Waals surface area contributed by atoms with E-state index in [0.29, 0.717) is 36.0 Å². The molecule has 2 aliphatic rings. The van der Waals surface area contributed by atoms with E-state index in [0.717, 1.165) is 12.1 Å². The molecule has 0 saturated carbocycles. The number of pyridine rings is 1. The molecular weight excluding hydrogens is 348 g/mol. The Balaban J connectivity index is 1.64. The molecule has 0 spiro atoms. The van der Waals surface area contributed by atoms with Crippen LogP contribution in [0.1, 0.15) is 28.6 Å². The number of carbonyl (C=O) groups is 1. The SMILES string of the molecule is O=C(c1ccc(Br)o1)N1C[C@H]2C[C@@H](C1)c1cccc(=O)n1C2. The highest BCUT2D eigenvalue weighted by atomic mass is 79.9. The third kappa shape index (κ3) is 2.22. The van der Waals surface area contributed by atoms with Gasteiger partial charge in [-0.1, -0.05) is 6.07 Å². The van der Waals surface area contributed by atoms with Crippen molar-refractivity contribution in [3.05, 3.63) is 56.8 Å². The molecule has 6 heteroatoms. The minimum atomic E-state index is -0.0767. The Kier molecular flexibility index (Phi) is 3.22. The normalized spacial score (nSPS) is 23.2. The lowest BCUT2D eigenvalue weighted by Crippen LogP contribution is -2.49. The lowest BCUT2D eigenvalue weighted by Gasteiger charge is -2.42. The summed E-state index contributed by atoms with van der Waals surface area (Å²) in [6.45, 7) is 2.00. The smallest absolute Gasteiger partial charge is 0.289 e. The first-order chi connectivity index (χ1) is 10.6. The molecule has 2 aromatic rings. The third-order valence-corrected chi connectivity index (χ3v) is 4.98. The van der Waals surface area contributed by atoms with Crippen molar-refractivity contribution in [2.75, 3.05) is 13.1 Å². The number of amides is 1. The average Bonchev–Trinajstić information content (AvgIpc) is 2.94. The summed E-state index contributed by atoms with van der Waals surface area (Å²) in [5.74, 6) is 0.835. The van der Waals surface area contributed by atoms with Gasteiger partial charge in [-0.15, -0.1) is 0 Å². The third-order valence-electron chi connectivity index (χ3n) is 4.55. The van der Waals surface area contributed by atoms with E-state index in [1.807, 2.05) is 15.5 Å². The summed E-state index contributed by atoms with van der Waals surface area (Å²) >= 11 is 3.23. The lowest BCUT2D eigenvalue weighted by molar-refractivity contribution is 0.0562. The number of carbonyl (C=O) groups excluding carboxylic acids is 1. The van der Waals surface area contributed by atoms with E-state index in [4.69, 9.17) is 4.42 Å². The summed E-state index contributed by atoms with van der Waals surface area (Å²) < 4.78 is 7.80. The highest BCUT2D eigenvalue weighted by Gasteiger charge is 2.37. The quantitative estimate of drug-likeness (QED) is 0.782. The van der Waals surface area contributed by atoms with Crippen LogP contribution in [0, 0.1) is 5.92 Å². The number of hydrogen-bond acceptors (Lipinski definition) is 3. The fraction of sp³-hybridized carbons (Fsp3) is 0.375. The molecule has 2 atom stereocenters. The van der Waals surface area contributed by atoms with Gasteiger partial charge in [-0.05, 0) is 46.5 Å². The molecule has 5 nitrogen and oxygen atoms in total. The maximum Gasteiger partial charge on any atom is 0.289 e. The van der Waals surface area contributed by atoms with Gasteiger partial charge < -0.3 is 13.9 Å². The van der Waals surface area contributed by atoms with Crippen LogP contribution in [0.3, 0.4) is 0 Å². The summed E-state index contributed by atoms with van der Waals surface area (Å²) in [7, 11) is 0. The molecule has 1 amide bonds. The van der Waals surface area contributed by atoms with Crippen LogP contribution < -0.4 is 5.56 Å². The van der Waals surface area contributed by atoms with Crippen molar-refractivity contribution in [1.29, 1.82) is 0 Å².